The first kappa shape index (κ1) is 13.7. The van der Waals surface area contributed by atoms with E-state index in [1.54, 1.807) is 42.2 Å². The minimum Gasteiger partial charge on any atom is -0.329 e. The molecule has 1 aromatic carbocycles. The highest BCUT2D eigenvalue weighted by Crippen LogP contribution is 2.48. The van der Waals surface area contributed by atoms with Gasteiger partial charge in [-0.15, -0.1) is 0 Å². The predicted molar refractivity (Wildman–Crippen MR) is 77.1 cm³/mol. The van der Waals surface area contributed by atoms with Crippen molar-refractivity contribution in [2.75, 3.05) is 0 Å². The monoisotopic (exact) mass is 311 g/mol. The SMILES string of the molecule is Cn1nccc1[C@@H]1C[C@H]1C(=O)ON1C(=O)c2ccccc2C1=O. The molecular formula is C16H13N3O4. The topological polar surface area (TPSA) is 81.5 Å². The van der Waals surface area contributed by atoms with Crippen molar-refractivity contribution in [2.24, 2.45) is 13.0 Å². The minimum absolute atomic E-state index is 0.0187. The molecule has 0 saturated heterocycles. The molecule has 0 unspecified atom stereocenters. The van der Waals surface area contributed by atoms with Crippen molar-refractivity contribution in [1.82, 2.24) is 14.8 Å². The van der Waals surface area contributed by atoms with Crippen LogP contribution in [0.25, 0.3) is 0 Å². The second-order valence-electron chi connectivity index (χ2n) is 5.69. The number of hydroxylamine groups is 2. The Morgan fingerprint density at radius 3 is 2.39 bits per heavy atom. The van der Waals surface area contributed by atoms with Gasteiger partial charge < -0.3 is 4.84 Å². The van der Waals surface area contributed by atoms with Crippen LogP contribution in [0.5, 0.6) is 0 Å². The van der Waals surface area contributed by atoms with Crippen LogP contribution in [0.3, 0.4) is 0 Å². The Labute approximate surface area is 131 Å². The van der Waals surface area contributed by atoms with Gasteiger partial charge in [0.2, 0.25) is 0 Å². The van der Waals surface area contributed by atoms with Gasteiger partial charge in [0.05, 0.1) is 17.0 Å². The second-order valence-corrected chi connectivity index (χ2v) is 5.69. The molecule has 23 heavy (non-hydrogen) atoms. The van der Waals surface area contributed by atoms with Gasteiger partial charge in [-0.05, 0) is 24.6 Å². The van der Waals surface area contributed by atoms with Crippen molar-refractivity contribution in [3.8, 4) is 0 Å². The number of rotatable bonds is 3. The summed E-state index contributed by atoms with van der Waals surface area (Å²) >= 11 is 0. The lowest BCUT2D eigenvalue weighted by Gasteiger charge is -2.12. The normalized spacial score (nSPS) is 22.2. The van der Waals surface area contributed by atoms with Gasteiger partial charge in [-0.3, -0.25) is 14.3 Å². The van der Waals surface area contributed by atoms with Crippen LogP contribution >= 0.6 is 0 Å². The van der Waals surface area contributed by atoms with Gasteiger partial charge in [-0.1, -0.05) is 17.2 Å². The molecule has 4 rings (SSSR count). The number of benzene rings is 1. The molecule has 2 amide bonds. The van der Waals surface area contributed by atoms with E-state index in [0.29, 0.717) is 11.5 Å². The Morgan fingerprint density at radius 1 is 1.17 bits per heavy atom. The van der Waals surface area contributed by atoms with Crippen LogP contribution in [-0.4, -0.2) is 32.6 Å². The van der Waals surface area contributed by atoms with E-state index in [2.05, 4.69) is 5.10 Å². The van der Waals surface area contributed by atoms with Crippen LogP contribution in [-0.2, 0) is 16.7 Å². The summed E-state index contributed by atoms with van der Waals surface area (Å²) in [5.74, 6) is -2.10. The van der Waals surface area contributed by atoms with Gasteiger partial charge in [0.1, 0.15) is 0 Å². The summed E-state index contributed by atoms with van der Waals surface area (Å²) in [6.07, 6.45) is 2.29. The molecule has 0 radical (unpaired) electrons. The number of aryl methyl sites for hydroxylation is 1. The van der Waals surface area contributed by atoms with Gasteiger partial charge in [0.25, 0.3) is 11.8 Å². The average molecular weight is 311 g/mol. The van der Waals surface area contributed by atoms with Crippen LogP contribution in [0.1, 0.15) is 38.7 Å². The molecule has 116 valence electrons. The third-order valence-electron chi connectivity index (χ3n) is 4.27. The average Bonchev–Trinajstić information content (AvgIpc) is 3.18. The fourth-order valence-electron chi connectivity index (χ4n) is 2.94. The molecule has 2 aromatic rings. The maximum atomic E-state index is 12.2. The number of fused-ring (bicyclic) bond motifs is 1. The number of nitrogens with zero attached hydrogens (tertiary/aromatic N) is 3. The third-order valence-corrected chi connectivity index (χ3v) is 4.27. The molecule has 1 aliphatic carbocycles. The Morgan fingerprint density at radius 2 is 1.83 bits per heavy atom. The van der Waals surface area contributed by atoms with Crippen molar-refractivity contribution in [2.45, 2.75) is 12.3 Å². The molecule has 0 N–H and O–H groups in total. The molecule has 7 heteroatoms. The Kier molecular flexibility index (Phi) is 2.84. The maximum Gasteiger partial charge on any atom is 0.336 e. The van der Waals surface area contributed by atoms with Crippen molar-refractivity contribution in [3.63, 3.8) is 0 Å². The van der Waals surface area contributed by atoms with Gasteiger partial charge in [-0.25, -0.2) is 4.79 Å². The highest BCUT2D eigenvalue weighted by atomic mass is 16.7. The number of carbonyl (C=O) groups is 3. The van der Waals surface area contributed by atoms with E-state index in [-0.39, 0.29) is 23.0 Å². The molecule has 1 fully saturated rings. The zero-order valence-electron chi connectivity index (χ0n) is 12.3. The summed E-state index contributed by atoms with van der Waals surface area (Å²) in [6, 6.07) is 8.25. The maximum absolute atomic E-state index is 12.2. The van der Waals surface area contributed by atoms with Gasteiger partial charge >= 0.3 is 5.97 Å². The highest BCUT2D eigenvalue weighted by molar-refractivity contribution is 6.20. The van der Waals surface area contributed by atoms with E-state index in [0.717, 1.165) is 5.69 Å². The molecule has 1 aliphatic heterocycles. The quantitative estimate of drug-likeness (QED) is 0.798. The van der Waals surface area contributed by atoms with E-state index in [1.165, 1.54) is 0 Å². The number of hydrogen-bond donors (Lipinski definition) is 0. The second kappa shape index (κ2) is 4.77. The lowest BCUT2D eigenvalue weighted by molar-refractivity contribution is -0.170. The lowest BCUT2D eigenvalue weighted by atomic mass is 10.1. The van der Waals surface area contributed by atoms with Gasteiger partial charge in [0.15, 0.2) is 0 Å². The van der Waals surface area contributed by atoms with Crippen LogP contribution in [0.4, 0.5) is 0 Å². The van der Waals surface area contributed by atoms with Crippen molar-refractivity contribution >= 4 is 17.8 Å². The van der Waals surface area contributed by atoms with Crippen LogP contribution in [0.15, 0.2) is 36.5 Å². The fraction of sp³-hybridized carbons (Fsp3) is 0.250. The molecule has 1 saturated carbocycles. The van der Waals surface area contributed by atoms with E-state index in [4.69, 9.17) is 4.84 Å². The van der Waals surface area contributed by atoms with E-state index in [9.17, 15) is 14.4 Å². The van der Waals surface area contributed by atoms with Crippen molar-refractivity contribution in [1.29, 1.82) is 0 Å². The van der Waals surface area contributed by atoms with Gasteiger partial charge in [-0.2, -0.15) is 5.10 Å². The smallest absolute Gasteiger partial charge is 0.329 e. The molecule has 0 bridgehead atoms. The van der Waals surface area contributed by atoms with Crippen LogP contribution in [0, 0.1) is 5.92 Å². The van der Waals surface area contributed by atoms with Crippen molar-refractivity contribution < 1.29 is 19.2 Å². The molecule has 7 nitrogen and oxygen atoms in total. The zero-order chi connectivity index (χ0) is 16.1. The number of amides is 2. The number of imide groups is 1. The summed E-state index contributed by atoms with van der Waals surface area (Å²) in [5, 5.41) is 4.63. The molecule has 2 aliphatic rings. The first-order chi connectivity index (χ1) is 11.1. The number of aromatic nitrogens is 2. The molecule has 0 spiro atoms. The van der Waals surface area contributed by atoms with E-state index >= 15 is 0 Å². The molecule has 1 aromatic heterocycles. The summed E-state index contributed by atoms with van der Waals surface area (Å²) in [7, 11) is 1.81. The summed E-state index contributed by atoms with van der Waals surface area (Å²) in [5.41, 5.74) is 1.45. The summed E-state index contributed by atoms with van der Waals surface area (Å²) in [6.45, 7) is 0. The fourth-order valence-corrected chi connectivity index (χ4v) is 2.94. The molecule has 2 atom stereocenters. The highest BCUT2D eigenvalue weighted by Gasteiger charge is 2.49. The van der Waals surface area contributed by atoms with E-state index in [1.807, 2.05) is 6.07 Å². The molecule has 2 heterocycles. The summed E-state index contributed by atoms with van der Waals surface area (Å²) in [4.78, 5) is 41.6. The Hall–Kier alpha value is -2.96. The summed E-state index contributed by atoms with van der Waals surface area (Å²) < 4.78 is 1.71. The largest absolute Gasteiger partial charge is 0.336 e. The Bertz CT molecular complexity index is 806. The first-order valence-electron chi connectivity index (χ1n) is 7.25. The predicted octanol–water partition coefficient (Wildman–Crippen LogP) is 1.28. The zero-order valence-corrected chi connectivity index (χ0v) is 12.3. The third kappa shape index (κ3) is 2.04. The van der Waals surface area contributed by atoms with Crippen LogP contribution < -0.4 is 0 Å². The van der Waals surface area contributed by atoms with Crippen molar-refractivity contribution in [3.05, 3.63) is 53.3 Å². The van der Waals surface area contributed by atoms with Crippen LogP contribution in [0.2, 0.25) is 0 Å². The number of carbonyl (C=O) groups excluding carboxylic acids is 3. The minimum atomic E-state index is -0.600. The number of hydrogen-bond acceptors (Lipinski definition) is 5. The Balaban J connectivity index is 1.48. The lowest BCUT2D eigenvalue weighted by Crippen LogP contribution is -2.33. The van der Waals surface area contributed by atoms with Gasteiger partial charge in [0, 0.05) is 24.9 Å². The van der Waals surface area contributed by atoms with E-state index < -0.39 is 17.8 Å². The molecular weight excluding hydrogens is 298 g/mol. The first-order valence-corrected chi connectivity index (χ1v) is 7.25. The standard InChI is InChI=1S/C16H13N3O4/c1-18-13(6-7-17-18)11-8-12(11)16(22)23-19-14(20)9-4-2-3-5-10(9)15(19)21/h2-7,11-12H,8H2,1H3/t11-,12-/m1/s1.